The van der Waals surface area contributed by atoms with Gasteiger partial charge in [-0.05, 0) is 56.2 Å². The number of hydrogen-bond donors (Lipinski definition) is 1. The third kappa shape index (κ3) is 2.99. The number of nitrogens with one attached hydrogen (secondary N) is 1. The number of ether oxygens (including phenoxy) is 1. The van der Waals surface area contributed by atoms with E-state index in [0.29, 0.717) is 30.2 Å². The largest absolute Gasteiger partial charge is 0.491 e. The molecule has 0 bridgehead atoms. The zero-order valence-electron chi connectivity index (χ0n) is 14.9. The molecule has 1 N–H and O–H groups in total. The Kier molecular flexibility index (Phi) is 4.25. The summed E-state index contributed by atoms with van der Waals surface area (Å²) in [7, 11) is -3.53. The molecule has 0 saturated carbocycles. The van der Waals surface area contributed by atoms with Crippen molar-refractivity contribution in [3.63, 3.8) is 0 Å². The van der Waals surface area contributed by atoms with Crippen LogP contribution in [0.4, 0.5) is 0 Å². The number of aromatic amines is 1. The number of rotatable bonds is 4. The molecule has 0 atom stereocenters. The van der Waals surface area contributed by atoms with Gasteiger partial charge in [-0.1, -0.05) is 18.2 Å². The van der Waals surface area contributed by atoms with Crippen molar-refractivity contribution >= 4 is 20.9 Å². The molecule has 2 aromatic carbocycles. The summed E-state index contributed by atoms with van der Waals surface area (Å²) in [6.45, 7) is 4.74. The highest BCUT2D eigenvalue weighted by Gasteiger charge is 2.30. The van der Waals surface area contributed by atoms with Gasteiger partial charge in [0.2, 0.25) is 10.0 Å². The molecule has 1 aliphatic heterocycles. The van der Waals surface area contributed by atoms with E-state index in [1.165, 1.54) is 10.9 Å². The van der Waals surface area contributed by atoms with E-state index < -0.39 is 10.0 Å². The first kappa shape index (κ1) is 17.1. The maximum Gasteiger partial charge on any atom is 0.243 e. The number of sulfonamides is 1. The number of para-hydroxylation sites is 1. The summed E-state index contributed by atoms with van der Waals surface area (Å²) in [5.41, 5.74) is 3.28. The second kappa shape index (κ2) is 6.45. The standard InChI is InChI=1S/C20H22N2O3S/c1-14(2)25-15-7-9-16(10-8-15)26(23,24)22-12-11-18-17-5-3-4-6-19(17)21-20(18)13-22/h3-10,14,21H,11-13H2,1-2H3. The van der Waals surface area contributed by atoms with Crippen LogP contribution in [0.3, 0.4) is 0 Å². The third-order valence-electron chi connectivity index (χ3n) is 4.68. The summed E-state index contributed by atoms with van der Waals surface area (Å²) >= 11 is 0. The summed E-state index contributed by atoms with van der Waals surface area (Å²) in [4.78, 5) is 3.67. The van der Waals surface area contributed by atoms with Crippen molar-refractivity contribution in [1.29, 1.82) is 0 Å². The van der Waals surface area contributed by atoms with Crippen LogP contribution in [0.1, 0.15) is 25.1 Å². The minimum Gasteiger partial charge on any atom is -0.491 e. The van der Waals surface area contributed by atoms with Crippen LogP contribution < -0.4 is 4.74 Å². The number of hydrogen-bond acceptors (Lipinski definition) is 3. The predicted molar refractivity (Wildman–Crippen MR) is 102 cm³/mol. The molecule has 0 radical (unpaired) electrons. The average molecular weight is 370 g/mol. The van der Waals surface area contributed by atoms with E-state index in [-0.39, 0.29) is 6.10 Å². The Morgan fingerprint density at radius 2 is 1.81 bits per heavy atom. The van der Waals surface area contributed by atoms with Gasteiger partial charge in [0.25, 0.3) is 0 Å². The van der Waals surface area contributed by atoms with E-state index in [1.807, 2.05) is 32.0 Å². The van der Waals surface area contributed by atoms with Crippen molar-refractivity contribution in [3.05, 3.63) is 59.8 Å². The van der Waals surface area contributed by atoms with E-state index in [2.05, 4.69) is 11.1 Å². The number of benzene rings is 2. The second-order valence-corrected chi connectivity index (χ2v) is 8.79. The average Bonchev–Trinajstić information content (AvgIpc) is 2.99. The molecule has 0 spiro atoms. The zero-order valence-corrected chi connectivity index (χ0v) is 15.7. The molecule has 136 valence electrons. The van der Waals surface area contributed by atoms with Gasteiger partial charge in [0.05, 0.1) is 17.5 Å². The number of aromatic nitrogens is 1. The molecule has 5 nitrogen and oxygen atoms in total. The van der Waals surface area contributed by atoms with Crippen LogP contribution in [0.15, 0.2) is 53.4 Å². The molecule has 6 heteroatoms. The molecule has 1 aliphatic rings. The summed E-state index contributed by atoms with van der Waals surface area (Å²) in [6, 6.07) is 14.8. The van der Waals surface area contributed by atoms with E-state index >= 15 is 0 Å². The lowest BCUT2D eigenvalue weighted by molar-refractivity contribution is 0.242. The summed E-state index contributed by atoms with van der Waals surface area (Å²) in [6.07, 6.45) is 0.771. The van der Waals surface area contributed by atoms with Crippen molar-refractivity contribution in [2.45, 2.75) is 37.8 Å². The molecule has 4 rings (SSSR count). The van der Waals surface area contributed by atoms with E-state index in [9.17, 15) is 8.42 Å². The lowest BCUT2D eigenvalue weighted by Gasteiger charge is -2.26. The maximum absolute atomic E-state index is 13.0. The molecule has 2 heterocycles. The highest BCUT2D eigenvalue weighted by Crippen LogP contribution is 2.30. The van der Waals surface area contributed by atoms with Crippen LogP contribution in [0.2, 0.25) is 0 Å². The molecule has 0 unspecified atom stereocenters. The first-order valence-electron chi connectivity index (χ1n) is 8.80. The first-order valence-corrected chi connectivity index (χ1v) is 10.2. The summed E-state index contributed by atoms with van der Waals surface area (Å²) in [5.74, 6) is 0.676. The molecule has 0 amide bonds. The smallest absolute Gasteiger partial charge is 0.243 e. The van der Waals surface area contributed by atoms with Crippen molar-refractivity contribution in [2.24, 2.45) is 0 Å². The van der Waals surface area contributed by atoms with Gasteiger partial charge in [0, 0.05) is 23.1 Å². The molecule has 0 saturated heterocycles. The highest BCUT2D eigenvalue weighted by atomic mass is 32.2. The normalized spacial score (nSPS) is 15.3. The summed E-state index contributed by atoms with van der Waals surface area (Å²) in [5, 5.41) is 1.19. The molecule has 26 heavy (non-hydrogen) atoms. The highest BCUT2D eigenvalue weighted by molar-refractivity contribution is 7.89. The Morgan fingerprint density at radius 3 is 2.54 bits per heavy atom. The third-order valence-corrected chi connectivity index (χ3v) is 6.54. The lowest BCUT2D eigenvalue weighted by Crippen LogP contribution is -2.35. The van der Waals surface area contributed by atoms with Gasteiger partial charge < -0.3 is 9.72 Å². The van der Waals surface area contributed by atoms with Crippen LogP contribution in [0, 0.1) is 0 Å². The van der Waals surface area contributed by atoms with E-state index in [0.717, 1.165) is 11.2 Å². The quantitative estimate of drug-likeness (QED) is 0.762. The van der Waals surface area contributed by atoms with Crippen LogP contribution in [0.5, 0.6) is 5.75 Å². The fourth-order valence-electron chi connectivity index (χ4n) is 3.48. The van der Waals surface area contributed by atoms with Crippen LogP contribution in [-0.4, -0.2) is 30.4 Å². The van der Waals surface area contributed by atoms with Gasteiger partial charge in [0.15, 0.2) is 0 Å². The van der Waals surface area contributed by atoms with Gasteiger partial charge in [-0.2, -0.15) is 4.31 Å². The Morgan fingerprint density at radius 1 is 1.08 bits per heavy atom. The van der Waals surface area contributed by atoms with Crippen molar-refractivity contribution in [1.82, 2.24) is 9.29 Å². The van der Waals surface area contributed by atoms with Gasteiger partial charge in [-0.15, -0.1) is 0 Å². The SMILES string of the molecule is CC(C)Oc1ccc(S(=O)(=O)N2CCc3c([nH]c4ccccc34)C2)cc1. The zero-order chi connectivity index (χ0) is 18.3. The Bertz CT molecular complexity index is 1040. The molecule has 3 aromatic rings. The lowest BCUT2D eigenvalue weighted by atomic mass is 10.1. The van der Waals surface area contributed by atoms with Crippen LogP contribution >= 0.6 is 0 Å². The van der Waals surface area contributed by atoms with E-state index in [4.69, 9.17) is 4.74 Å². The first-order chi connectivity index (χ1) is 12.4. The molecular weight excluding hydrogens is 348 g/mol. The number of fused-ring (bicyclic) bond motifs is 3. The minimum absolute atomic E-state index is 0.0555. The Hall–Kier alpha value is -2.31. The van der Waals surface area contributed by atoms with Gasteiger partial charge in [0.1, 0.15) is 5.75 Å². The topological polar surface area (TPSA) is 62.4 Å². The van der Waals surface area contributed by atoms with Crippen molar-refractivity contribution < 1.29 is 13.2 Å². The maximum atomic E-state index is 13.0. The fourth-order valence-corrected chi connectivity index (χ4v) is 4.89. The number of H-pyrrole nitrogens is 1. The monoisotopic (exact) mass is 370 g/mol. The molecule has 1 aromatic heterocycles. The number of nitrogens with zero attached hydrogens (tertiary/aromatic N) is 1. The van der Waals surface area contributed by atoms with Gasteiger partial charge in [-0.3, -0.25) is 0 Å². The van der Waals surface area contributed by atoms with Crippen molar-refractivity contribution in [3.8, 4) is 5.75 Å². The Balaban J connectivity index is 1.61. The second-order valence-electron chi connectivity index (χ2n) is 6.85. The Labute approximate surface area is 153 Å². The van der Waals surface area contributed by atoms with Crippen LogP contribution in [-0.2, 0) is 23.0 Å². The fraction of sp³-hybridized carbons (Fsp3) is 0.300. The van der Waals surface area contributed by atoms with E-state index in [1.54, 1.807) is 28.6 Å². The van der Waals surface area contributed by atoms with Gasteiger partial charge in [-0.25, -0.2) is 8.42 Å². The van der Waals surface area contributed by atoms with Gasteiger partial charge >= 0.3 is 0 Å². The minimum atomic E-state index is -3.53. The molecule has 0 fully saturated rings. The predicted octanol–water partition coefficient (Wildman–Crippen LogP) is 3.70. The van der Waals surface area contributed by atoms with Crippen LogP contribution in [0.25, 0.3) is 10.9 Å². The molecule has 0 aliphatic carbocycles. The summed E-state index contributed by atoms with van der Waals surface area (Å²) < 4.78 is 33.2. The van der Waals surface area contributed by atoms with Crippen molar-refractivity contribution in [2.75, 3.05) is 6.54 Å². The molecular formula is C20H22N2O3S.